The minimum atomic E-state index is -1.04. The van der Waals surface area contributed by atoms with Gasteiger partial charge in [-0.15, -0.1) is 0 Å². The maximum absolute atomic E-state index is 13.1. The first-order valence-corrected chi connectivity index (χ1v) is 6.38. The quantitative estimate of drug-likeness (QED) is 0.939. The van der Waals surface area contributed by atoms with Crippen molar-refractivity contribution in [1.82, 2.24) is 5.32 Å². The van der Waals surface area contributed by atoms with E-state index in [-0.39, 0.29) is 5.56 Å². The second kappa shape index (κ2) is 6.35. The number of amides is 1. The highest BCUT2D eigenvalue weighted by Crippen LogP contribution is 2.18. The summed E-state index contributed by atoms with van der Waals surface area (Å²) in [5, 5.41) is 2.66. The number of methoxy groups -OCH3 is 1. The maximum atomic E-state index is 13.1. The largest absolute Gasteiger partial charge is 0.496 e. The number of rotatable bonds is 4. The van der Waals surface area contributed by atoms with Crippen molar-refractivity contribution in [2.24, 2.45) is 0 Å². The third-order valence-electron chi connectivity index (χ3n) is 3.09. The third-order valence-corrected chi connectivity index (χ3v) is 3.09. The Balaban J connectivity index is 2.03. The molecule has 1 N–H and O–H groups in total. The predicted octanol–water partition coefficient (Wildman–Crippen LogP) is 3.21. The molecule has 0 aliphatic rings. The van der Waals surface area contributed by atoms with E-state index >= 15 is 0 Å². The predicted molar refractivity (Wildman–Crippen MR) is 75.3 cm³/mol. The molecule has 110 valence electrons. The zero-order chi connectivity index (χ0) is 15.4. The fourth-order valence-electron chi connectivity index (χ4n) is 1.97. The zero-order valence-electron chi connectivity index (χ0n) is 11.7. The molecule has 0 heterocycles. The molecule has 0 saturated carbocycles. The summed E-state index contributed by atoms with van der Waals surface area (Å²) in [4.78, 5) is 11.9. The van der Waals surface area contributed by atoms with Crippen LogP contribution in [0.2, 0.25) is 0 Å². The van der Waals surface area contributed by atoms with E-state index in [1.807, 2.05) is 25.1 Å². The number of halogens is 2. The highest BCUT2D eigenvalue weighted by Gasteiger charge is 2.09. The van der Waals surface area contributed by atoms with Crippen molar-refractivity contribution in [3.63, 3.8) is 0 Å². The maximum Gasteiger partial charge on any atom is 0.251 e. The van der Waals surface area contributed by atoms with Gasteiger partial charge in [0.25, 0.3) is 5.91 Å². The monoisotopic (exact) mass is 291 g/mol. The van der Waals surface area contributed by atoms with E-state index in [2.05, 4.69) is 5.32 Å². The third kappa shape index (κ3) is 3.56. The molecule has 0 bridgehead atoms. The number of hydrogen-bond donors (Lipinski definition) is 1. The summed E-state index contributed by atoms with van der Waals surface area (Å²) in [7, 11) is 1.59. The number of carbonyl (C=O) groups is 1. The summed E-state index contributed by atoms with van der Waals surface area (Å²) in [5.41, 5.74) is 1.93. The van der Waals surface area contributed by atoms with Crippen LogP contribution in [-0.2, 0) is 6.54 Å². The van der Waals surface area contributed by atoms with Crippen molar-refractivity contribution in [1.29, 1.82) is 0 Å². The lowest BCUT2D eigenvalue weighted by Crippen LogP contribution is -2.23. The molecule has 21 heavy (non-hydrogen) atoms. The van der Waals surface area contributed by atoms with Crippen molar-refractivity contribution in [2.45, 2.75) is 13.5 Å². The van der Waals surface area contributed by atoms with Crippen LogP contribution in [0.1, 0.15) is 21.5 Å². The lowest BCUT2D eigenvalue weighted by molar-refractivity contribution is 0.0950. The molecule has 0 radical (unpaired) electrons. The Morgan fingerprint density at radius 3 is 2.52 bits per heavy atom. The summed E-state index contributed by atoms with van der Waals surface area (Å²) < 4.78 is 31.0. The summed E-state index contributed by atoms with van der Waals surface area (Å²) in [6.07, 6.45) is 0. The highest BCUT2D eigenvalue weighted by molar-refractivity contribution is 5.94. The molecule has 3 nitrogen and oxygen atoms in total. The molecule has 1 amide bonds. The van der Waals surface area contributed by atoms with E-state index in [9.17, 15) is 13.6 Å². The average Bonchev–Trinajstić information content (AvgIpc) is 2.47. The van der Waals surface area contributed by atoms with Crippen LogP contribution in [0.25, 0.3) is 0 Å². The van der Waals surface area contributed by atoms with Crippen LogP contribution in [0.4, 0.5) is 8.78 Å². The number of hydrogen-bond acceptors (Lipinski definition) is 2. The molecule has 2 aromatic rings. The van der Waals surface area contributed by atoms with Crippen LogP contribution < -0.4 is 10.1 Å². The normalized spacial score (nSPS) is 10.3. The Labute approximate surface area is 121 Å². The van der Waals surface area contributed by atoms with Gasteiger partial charge in [0, 0.05) is 12.1 Å². The number of carbonyl (C=O) groups excluding carboxylic acids is 1. The van der Waals surface area contributed by atoms with E-state index in [1.165, 1.54) is 6.07 Å². The summed E-state index contributed by atoms with van der Waals surface area (Å²) >= 11 is 0. The highest BCUT2D eigenvalue weighted by atomic mass is 19.2. The molecule has 0 aliphatic carbocycles. The van der Waals surface area contributed by atoms with E-state index in [1.54, 1.807) is 7.11 Å². The average molecular weight is 291 g/mol. The lowest BCUT2D eigenvalue weighted by Gasteiger charge is -2.09. The van der Waals surface area contributed by atoms with Gasteiger partial charge < -0.3 is 10.1 Å². The van der Waals surface area contributed by atoms with Gasteiger partial charge in [-0.25, -0.2) is 8.78 Å². The van der Waals surface area contributed by atoms with Crippen LogP contribution in [0.5, 0.6) is 5.75 Å². The minimum absolute atomic E-state index is 0.0825. The van der Waals surface area contributed by atoms with Gasteiger partial charge in [0.15, 0.2) is 11.6 Å². The zero-order valence-corrected chi connectivity index (χ0v) is 11.7. The summed E-state index contributed by atoms with van der Waals surface area (Å²) in [6, 6.07) is 8.59. The van der Waals surface area contributed by atoms with E-state index in [0.717, 1.165) is 29.0 Å². The van der Waals surface area contributed by atoms with Gasteiger partial charge in [-0.3, -0.25) is 4.79 Å². The van der Waals surface area contributed by atoms with Gasteiger partial charge >= 0.3 is 0 Å². The topological polar surface area (TPSA) is 38.3 Å². The van der Waals surface area contributed by atoms with E-state index in [4.69, 9.17) is 4.74 Å². The number of nitrogens with one attached hydrogen (secondary N) is 1. The molecule has 0 fully saturated rings. The first-order valence-electron chi connectivity index (χ1n) is 6.38. The van der Waals surface area contributed by atoms with Gasteiger partial charge in [0.2, 0.25) is 0 Å². The lowest BCUT2D eigenvalue weighted by atomic mass is 10.1. The van der Waals surface area contributed by atoms with Crippen LogP contribution in [0.3, 0.4) is 0 Å². The molecule has 0 unspecified atom stereocenters. The number of aryl methyl sites for hydroxylation is 1. The Morgan fingerprint density at radius 1 is 1.14 bits per heavy atom. The minimum Gasteiger partial charge on any atom is -0.496 e. The molecule has 0 spiro atoms. The Kier molecular flexibility index (Phi) is 4.52. The second-order valence-electron chi connectivity index (χ2n) is 4.62. The summed E-state index contributed by atoms with van der Waals surface area (Å²) in [5.74, 6) is -1.70. The molecule has 0 aliphatic heterocycles. The van der Waals surface area contributed by atoms with Crippen LogP contribution >= 0.6 is 0 Å². The molecule has 0 aromatic heterocycles. The number of benzene rings is 2. The smallest absolute Gasteiger partial charge is 0.251 e. The standard InChI is InChI=1S/C16H15F2NO2/c1-10-7-11(3-6-15(10)21-2)9-19-16(20)12-4-5-13(17)14(18)8-12/h3-8H,9H2,1-2H3,(H,19,20). The SMILES string of the molecule is COc1ccc(CNC(=O)c2ccc(F)c(F)c2)cc1C. The van der Waals surface area contributed by atoms with Gasteiger partial charge in [-0.2, -0.15) is 0 Å². The van der Waals surface area contributed by atoms with Gasteiger partial charge in [0.05, 0.1) is 7.11 Å². The van der Waals surface area contributed by atoms with Crippen LogP contribution in [0.15, 0.2) is 36.4 Å². The van der Waals surface area contributed by atoms with Gasteiger partial charge in [0.1, 0.15) is 5.75 Å². The van der Waals surface area contributed by atoms with E-state index in [0.29, 0.717) is 6.54 Å². The molecular weight excluding hydrogens is 276 g/mol. The van der Waals surface area contributed by atoms with Crippen molar-refractivity contribution in [3.05, 3.63) is 64.7 Å². The van der Waals surface area contributed by atoms with E-state index < -0.39 is 17.5 Å². The molecule has 5 heteroatoms. The van der Waals surface area contributed by atoms with Gasteiger partial charge in [-0.1, -0.05) is 12.1 Å². The Hall–Kier alpha value is -2.43. The number of ether oxygens (including phenoxy) is 1. The fourth-order valence-corrected chi connectivity index (χ4v) is 1.97. The molecule has 0 atom stereocenters. The van der Waals surface area contributed by atoms with Crippen molar-refractivity contribution >= 4 is 5.91 Å². The Morgan fingerprint density at radius 2 is 1.90 bits per heavy atom. The first kappa shape index (κ1) is 15.0. The van der Waals surface area contributed by atoms with Gasteiger partial charge in [-0.05, 0) is 42.3 Å². The molecule has 0 saturated heterocycles. The first-order chi connectivity index (χ1) is 10.0. The van der Waals surface area contributed by atoms with Crippen molar-refractivity contribution < 1.29 is 18.3 Å². The summed E-state index contributed by atoms with van der Waals surface area (Å²) in [6.45, 7) is 2.20. The molecule has 2 aromatic carbocycles. The Bertz CT molecular complexity index is 671. The van der Waals surface area contributed by atoms with Crippen LogP contribution in [-0.4, -0.2) is 13.0 Å². The van der Waals surface area contributed by atoms with Crippen molar-refractivity contribution in [2.75, 3.05) is 7.11 Å². The second-order valence-corrected chi connectivity index (χ2v) is 4.62. The fraction of sp³-hybridized carbons (Fsp3) is 0.188. The van der Waals surface area contributed by atoms with Crippen molar-refractivity contribution in [3.8, 4) is 5.75 Å². The van der Waals surface area contributed by atoms with Crippen LogP contribution in [0, 0.1) is 18.6 Å². The molecular formula is C16H15F2NO2. The molecule has 2 rings (SSSR count).